The minimum absolute atomic E-state index is 0.145. The van der Waals surface area contributed by atoms with Crippen LogP contribution in [-0.4, -0.2) is 18.5 Å². The maximum Gasteiger partial charge on any atom is 0.181 e. The molecule has 0 spiro atoms. The summed E-state index contributed by atoms with van der Waals surface area (Å²) < 4.78 is 27.7. The Kier molecular flexibility index (Phi) is 3.32. The summed E-state index contributed by atoms with van der Waals surface area (Å²) in [4.78, 5) is 1.26. The summed E-state index contributed by atoms with van der Waals surface area (Å²) in [6.07, 6.45) is 0. The van der Waals surface area contributed by atoms with Crippen molar-refractivity contribution in [2.45, 2.75) is 38.5 Å². The quantitative estimate of drug-likeness (QED) is 0.805. The van der Waals surface area contributed by atoms with Gasteiger partial charge in [-0.1, -0.05) is 20.8 Å². The van der Waals surface area contributed by atoms with Crippen LogP contribution in [-0.2, 0) is 9.84 Å². The number of sulfone groups is 1. The molecule has 3 nitrogen and oxygen atoms in total. The van der Waals surface area contributed by atoms with Gasteiger partial charge in [0.15, 0.2) is 9.84 Å². The highest BCUT2D eigenvalue weighted by Gasteiger charge is 2.24. The number of hydrogen-bond acceptors (Lipinski definition) is 4. The van der Waals surface area contributed by atoms with E-state index in [0.717, 1.165) is 4.88 Å². The summed E-state index contributed by atoms with van der Waals surface area (Å²) in [7, 11) is -3.11. The third-order valence-corrected chi connectivity index (χ3v) is 4.86. The van der Waals surface area contributed by atoms with Gasteiger partial charge in [0.25, 0.3) is 0 Å². The van der Waals surface area contributed by atoms with Gasteiger partial charge in [-0.25, -0.2) is 8.42 Å². The molecule has 0 aliphatic heterocycles. The molecule has 0 aliphatic rings. The van der Waals surface area contributed by atoms with Crippen LogP contribution in [0.4, 0.5) is 0 Å². The average molecular weight is 233 g/mol. The first kappa shape index (κ1) is 11.7. The second-order valence-corrected chi connectivity index (χ2v) is 6.70. The molecule has 0 fully saturated rings. The van der Waals surface area contributed by atoms with E-state index in [0.29, 0.717) is 10.6 Å². The summed E-state index contributed by atoms with van der Waals surface area (Å²) in [5.74, 6) is 0.308. The van der Waals surface area contributed by atoms with E-state index in [9.17, 15) is 8.42 Å². The molecule has 0 radical (unpaired) electrons. The predicted octanol–water partition coefficient (Wildman–Crippen LogP) is 2.37. The minimum atomic E-state index is -3.11. The van der Waals surface area contributed by atoms with Crippen LogP contribution in [0.25, 0.3) is 0 Å². The van der Waals surface area contributed by atoms with E-state index in [1.54, 1.807) is 6.92 Å². The second kappa shape index (κ2) is 3.98. The lowest BCUT2D eigenvalue weighted by Crippen LogP contribution is -2.08. The molecule has 5 heteroatoms. The van der Waals surface area contributed by atoms with Crippen molar-refractivity contribution < 1.29 is 8.42 Å². The SMILES string of the molecule is CCS(=O)(=O)c1c(C(C)C)nsc1C. The first-order valence-corrected chi connectivity index (χ1v) is 7.01. The summed E-state index contributed by atoms with van der Waals surface area (Å²) in [6, 6.07) is 0. The van der Waals surface area contributed by atoms with E-state index in [1.807, 2.05) is 20.8 Å². The van der Waals surface area contributed by atoms with Crippen molar-refractivity contribution in [3.8, 4) is 0 Å². The molecule has 1 heterocycles. The molecule has 0 aliphatic carbocycles. The van der Waals surface area contributed by atoms with Gasteiger partial charge in [0.05, 0.1) is 11.4 Å². The Bertz CT molecular complexity index is 418. The molecule has 0 saturated carbocycles. The number of aryl methyl sites for hydroxylation is 1. The first-order chi connectivity index (χ1) is 6.40. The molecular weight excluding hydrogens is 218 g/mol. The van der Waals surface area contributed by atoms with E-state index >= 15 is 0 Å². The van der Waals surface area contributed by atoms with Crippen LogP contribution in [0.3, 0.4) is 0 Å². The fraction of sp³-hybridized carbons (Fsp3) is 0.667. The smallest absolute Gasteiger partial charge is 0.181 e. The normalized spacial score (nSPS) is 12.4. The zero-order valence-electron chi connectivity index (χ0n) is 8.86. The molecule has 14 heavy (non-hydrogen) atoms. The molecule has 0 atom stereocenters. The molecule has 1 rings (SSSR count). The van der Waals surface area contributed by atoms with Crippen molar-refractivity contribution in [3.05, 3.63) is 10.6 Å². The van der Waals surface area contributed by atoms with Crippen LogP contribution in [0.2, 0.25) is 0 Å². The highest BCUT2D eigenvalue weighted by Crippen LogP contribution is 2.29. The van der Waals surface area contributed by atoms with Gasteiger partial charge >= 0.3 is 0 Å². The maximum absolute atomic E-state index is 11.8. The van der Waals surface area contributed by atoms with Gasteiger partial charge in [0.2, 0.25) is 0 Å². The Morgan fingerprint density at radius 3 is 2.43 bits per heavy atom. The maximum atomic E-state index is 11.8. The van der Waals surface area contributed by atoms with E-state index in [-0.39, 0.29) is 11.7 Å². The number of rotatable bonds is 3. The lowest BCUT2D eigenvalue weighted by atomic mass is 10.1. The van der Waals surface area contributed by atoms with Crippen molar-refractivity contribution in [2.75, 3.05) is 5.75 Å². The Morgan fingerprint density at radius 1 is 1.43 bits per heavy atom. The van der Waals surface area contributed by atoms with Gasteiger partial charge in [0, 0.05) is 4.88 Å². The number of nitrogens with zero attached hydrogens (tertiary/aromatic N) is 1. The summed E-state index contributed by atoms with van der Waals surface area (Å²) >= 11 is 1.27. The summed E-state index contributed by atoms with van der Waals surface area (Å²) in [5.41, 5.74) is 0.717. The highest BCUT2D eigenvalue weighted by atomic mass is 32.2. The van der Waals surface area contributed by atoms with Gasteiger partial charge in [-0.15, -0.1) is 0 Å². The van der Waals surface area contributed by atoms with Crippen molar-refractivity contribution in [3.63, 3.8) is 0 Å². The van der Waals surface area contributed by atoms with Crippen LogP contribution in [0, 0.1) is 6.92 Å². The number of aromatic nitrogens is 1. The lowest BCUT2D eigenvalue weighted by molar-refractivity contribution is 0.594. The third kappa shape index (κ3) is 1.98. The highest BCUT2D eigenvalue weighted by molar-refractivity contribution is 7.91. The summed E-state index contributed by atoms with van der Waals surface area (Å²) in [6.45, 7) is 7.40. The molecular formula is C9H15NO2S2. The van der Waals surface area contributed by atoms with Crippen molar-refractivity contribution in [2.24, 2.45) is 0 Å². The van der Waals surface area contributed by atoms with Crippen LogP contribution < -0.4 is 0 Å². The second-order valence-electron chi connectivity index (χ2n) is 3.51. The average Bonchev–Trinajstić information content (AvgIpc) is 2.47. The molecule has 0 unspecified atom stereocenters. The minimum Gasteiger partial charge on any atom is -0.224 e. The van der Waals surface area contributed by atoms with Gasteiger partial charge < -0.3 is 0 Å². The molecule has 1 aromatic heterocycles. The first-order valence-electron chi connectivity index (χ1n) is 4.59. The molecule has 0 bridgehead atoms. The van der Waals surface area contributed by atoms with Gasteiger partial charge in [-0.2, -0.15) is 4.37 Å². The fourth-order valence-corrected chi connectivity index (χ4v) is 3.87. The van der Waals surface area contributed by atoms with E-state index < -0.39 is 9.84 Å². The summed E-state index contributed by atoms with van der Waals surface area (Å²) in [5, 5.41) is 0. The van der Waals surface area contributed by atoms with Gasteiger partial charge in [-0.3, -0.25) is 0 Å². The zero-order chi connectivity index (χ0) is 10.9. The lowest BCUT2D eigenvalue weighted by Gasteiger charge is -2.06. The molecule has 0 amide bonds. The Morgan fingerprint density at radius 2 is 2.00 bits per heavy atom. The molecule has 1 aromatic rings. The molecule has 0 aromatic carbocycles. The van der Waals surface area contributed by atoms with Gasteiger partial charge in [-0.05, 0) is 24.4 Å². The van der Waals surface area contributed by atoms with E-state index in [1.165, 1.54) is 11.5 Å². The molecule has 80 valence electrons. The van der Waals surface area contributed by atoms with Crippen LogP contribution >= 0.6 is 11.5 Å². The predicted molar refractivity (Wildman–Crippen MR) is 58.7 cm³/mol. The molecule has 0 N–H and O–H groups in total. The van der Waals surface area contributed by atoms with E-state index in [4.69, 9.17) is 0 Å². The van der Waals surface area contributed by atoms with Crippen LogP contribution in [0.5, 0.6) is 0 Å². The largest absolute Gasteiger partial charge is 0.224 e. The van der Waals surface area contributed by atoms with Crippen LogP contribution in [0.1, 0.15) is 37.3 Å². The Balaban J connectivity index is 3.39. The van der Waals surface area contributed by atoms with Crippen molar-refractivity contribution in [1.82, 2.24) is 4.37 Å². The third-order valence-electron chi connectivity index (χ3n) is 2.07. The Labute approximate surface area is 89.2 Å². The topological polar surface area (TPSA) is 47.0 Å². The zero-order valence-corrected chi connectivity index (χ0v) is 10.5. The Hall–Kier alpha value is -0.420. The van der Waals surface area contributed by atoms with Crippen LogP contribution in [0.15, 0.2) is 4.90 Å². The van der Waals surface area contributed by atoms with E-state index in [2.05, 4.69) is 4.37 Å². The molecule has 0 saturated heterocycles. The van der Waals surface area contributed by atoms with Crippen molar-refractivity contribution in [1.29, 1.82) is 0 Å². The van der Waals surface area contributed by atoms with Gasteiger partial charge in [0.1, 0.15) is 4.90 Å². The van der Waals surface area contributed by atoms with Crippen molar-refractivity contribution >= 4 is 21.4 Å². The standard InChI is InChI=1S/C9H15NO2S2/c1-5-14(11,12)9-7(4)13-10-8(9)6(2)3/h6H,5H2,1-4H3. The monoisotopic (exact) mass is 233 g/mol. The fourth-order valence-electron chi connectivity index (χ4n) is 1.27. The number of hydrogen-bond donors (Lipinski definition) is 0.